The van der Waals surface area contributed by atoms with Gasteiger partial charge in [-0.25, -0.2) is 15.0 Å². The standard InChI is InChI=1S/C12H9N5O2/c13-7-1-2-10(15-5-7)19-8-3-4-14-12-11(8)16-6-9(18)17-12/h1-6H,13H2,(H,14,17,18). The zero-order valence-corrected chi connectivity index (χ0v) is 9.70. The van der Waals surface area contributed by atoms with Gasteiger partial charge in [0, 0.05) is 18.3 Å². The van der Waals surface area contributed by atoms with Gasteiger partial charge < -0.3 is 15.5 Å². The summed E-state index contributed by atoms with van der Waals surface area (Å²) in [7, 11) is 0. The molecule has 0 saturated heterocycles. The maximum atomic E-state index is 11.2. The molecule has 3 aromatic rings. The van der Waals surface area contributed by atoms with Gasteiger partial charge in [0.2, 0.25) is 5.88 Å². The lowest BCUT2D eigenvalue weighted by molar-refractivity contribution is 0.467. The van der Waals surface area contributed by atoms with E-state index in [-0.39, 0.29) is 5.56 Å². The summed E-state index contributed by atoms with van der Waals surface area (Å²) < 4.78 is 5.60. The van der Waals surface area contributed by atoms with Gasteiger partial charge in [-0.2, -0.15) is 0 Å². The maximum absolute atomic E-state index is 11.2. The number of nitrogens with one attached hydrogen (secondary N) is 1. The van der Waals surface area contributed by atoms with Crippen molar-refractivity contribution in [2.45, 2.75) is 0 Å². The molecule has 0 unspecified atom stereocenters. The molecule has 0 radical (unpaired) electrons. The SMILES string of the molecule is Nc1ccc(Oc2ccnc3[nH]c(=O)cnc23)nc1. The largest absolute Gasteiger partial charge is 0.437 e. The summed E-state index contributed by atoms with van der Waals surface area (Å²) in [5.41, 5.74) is 6.60. The van der Waals surface area contributed by atoms with E-state index < -0.39 is 0 Å². The summed E-state index contributed by atoms with van der Waals surface area (Å²) in [5.74, 6) is 0.841. The van der Waals surface area contributed by atoms with Crippen LogP contribution in [0.1, 0.15) is 0 Å². The first-order chi connectivity index (χ1) is 9.22. The summed E-state index contributed by atoms with van der Waals surface area (Å²) in [4.78, 5) is 25.8. The lowest BCUT2D eigenvalue weighted by Crippen LogP contribution is -2.06. The Morgan fingerprint density at radius 1 is 1.11 bits per heavy atom. The van der Waals surface area contributed by atoms with Crippen LogP contribution >= 0.6 is 0 Å². The molecule has 0 aliphatic rings. The Kier molecular flexibility index (Phi) is 2.57. The predicted molar refractivity (Wildman–Crippen MR) is 68.9 cm³/mol. The third-order valence-corrected chi connectivity index (χ3v) is 2.41. The zero-order valence-electron chi connectivity index (χ0n) is 9.70. The van der Waals surface area contributed by atoms with Gasteiger partial charge in [0.25, 0.3) is 5.56 Å². The third kappa shape index (κ3) is 2.21. The summed E-state index contributed by atoms with van der Waals surface area (Å²) in [6.45, 7) is 0. The van der Waals surface area contributed by atoms with Crippen molar-refractivity contribution in [2.24, 2.45) is 0 Å². The van der Waals surface area contributed by atoms with E-state index in [2.05, 4.69) is 19.9 Å². The highest BCUT2D eigenvalue weighted by molar-refractivity contribution is 5.76. The summed E-state index contributed by atoms with van der Waals surface area (Å²) in [6.07, 6.45) is 4.19. The molecule has 7 heteroatoms. The Morgan fingerprint density at radius 3 is 2.79 bits per heavy atom. The topological polar surface area (TPSA) is 107 Å². The van der Waals surface area contributed by atoms with Crippen LogP contribution in [-0.4, -0.2) is 19.9 Å². The van der Waals surface area contributed by atoms with Crippen LogP contribution in [0, 0.1) is 0 Å². The molecule has 0 spiro atoms. The van der Waals surface area contributed by atoms with E-state index in [0.29, 0.717) is 28.5 Å². The highest BCUT2D eigenvalue weighted by Crippen LogP contribution is 2.24. The van der Waals surface area contributed by atoms with Crippen molar-refractivity contribution in [1.29, 1.82) is 0 Å². The molecule has 0 bridgehead atoms. The molecule has 94 valence electrons. The minimum atomic E-state index is -0.317. The van der Waals surface area contributed by atoms with Gasteiger partial charge in [0.15, 0.2) is 11.4 Å². The second-order valence-electron chi connectivity index (χ2n) is 3.79. The number of hydrogen-bond donors (Lipinski definition) is 2. The molecule has 0 aliphatic heterocycles. The number of fused-ring (bicyclic) bond motifs is 1. The number of ether oxygens (including phenoxy) is 1. The quantitative estimate of drug-likeness (QED) is 0.709. The number of nitrogen functional groups attached to an aromatic ring is 1. The molecule has 3 heterocycles. The summed E-state index contributed by atoms with van der Waals surface area (Å²) in [6, 6.07) is 4.97. The molecular weight excluding hydrogens is 246 g/mol. The molecule has 0 aliphatic carbocycles. The number of anilines is 1. The Bertz CT molecular complexity index is 782. The normalized spacial score (nSPS) is 10.5. The van der Waals surface area contributed by atoms with Gasteiger partial charge in [-0.15, -0.1) is 0 Å². The van der Waals surface area contributed by atoms with Gasteiger partial charge >= 0.3 is 0 Å². The van der Waals surface area contributed by atoms with Gasteiger partial charge in [-0.3, -0.25) is 4.79 Å². The fourth-order valence-electron chi connectivity index (χ4n) is 1.57. The number of aromatic nitrogens is 4. The zero-order chi connectivity index (χ0) is 13.2. The maximum Gasteiger partial charge on any atom is 0.268 e. The highest BCUT2D eigenvalue weighted by atomic mass is 16.5. The van der Waals surface area contributed by atoms with Crippen molar-refractivity contribution >= 4 is 16.9 Å². The van der Waals surface area contributed by atoms with Crippen LogP contribution in [0.25, 0.3) is 11.2 Å². The molecule has 7 nitrogen and oxygen atoms in total. The minimum Gasteiger partial charge on any atom is -0.437 e. The highest BCUT2D eigenvalue weighted by Gasteiger charge is 2.07. The average molecular weight is 255 g/mol. The number of pyridine rings is 2. The Labute approximate surface area is 107 Å². The van der Waals surface area contributed by atoms with Crippen molar-refractivity contribution in [1.82, 2.24) is 19.9 Å². The van der Waals surface area contributed by atoms with Crippen LogP contribution in [0.3, 0.4) is 0 Å². The first kappa shape index (κ1) is 11.1. The van der Waals surface area contributed by atoms with E-state index in [1.807, 2.05) is 0 Å². The van der Waals surface area contributed by atoms with E-state index in [0.717, 1.165) is 0 Å². The lowest BCUT2D eigenvalue weighted by atomic mass is 10.4. The number of aromatic amines is 1. The number of hydrogen-bond acceptors (Lipinski definition) is 6. The predicted octanol–water partition coefficient (Wildman–Crippen LogP) is 1.09. The molecule has 0 aromatic carbocycles. The van der Waals surface area contributed by atoms with Crippen molar-refractivity contribution in [2.75, 3.05) is 5.73 Å². The summed E-state index contributed by atoms with van der Waals surface area (Å²) in [5, 5.41) is 0. The monoisotopic (exact) mass is 255 g/mol. The Morgan fingerprint density at radius 2 is 2.00 bits per heavy atom. The lowest BCUT2D eigenvalue weighted by Gasteiger charge is -2.06. The number of rotatable bonds is 2. The second kappa shape index (κ2) is 4.37. The van der Waals surface area contributed by atoms with Crippen LogP contribution < -0.4 is 16.0 Å². The molecule has 0 atom stereocenters. The Hall–Kier alpha value is -2.96. The molecule has 0 fully saturated rings. The second-order valence-corrected chi connectivity index (χ2v) is 3.79. The minimum absolute atomic E-state index is 0.317. The van der Waals surface area contributed by atoms with E-state index in [9.17, 15) is 4.79 Å². The van der Waals surface area contributed by atoms with E-state index in [1.165, 1.54) is 18.6 Å². The van der Waals surface area contributed by atoms with Gasteiger partial charge in [-0.05, 0) is 6.07 Å². The number of H-pyrrole nitrogens is 1. The molecule has 3 rings (SSSR count). The first-order valence-electron chi connectivity index (χ1n) is 5.46. The van der Waals surface area contributed by atoms with Crippen molar-refractivity contribution in [3.8, 4) is 11.6 Å². The van der Waals surface area contributed by atoms with Crippen molar-refractivity contribution in [3.63, 3.8) is 0 Å². The van der Waals surface area contributed by atoms with E-state index in [4.69, 9.17) is 10.5 Å². The third-order valence-electron chi connectivity index (χ3n) is 2.41. The fraction of sp³-hybridized carbons (Fsp3) is 0. The number of nitrogens with two attached hydrogens (primary N) is 1. The molecule has 0 saturated carbocycles. The number of nitrogens with zero attached hydrogens (tertiary/aromatic N) is 3. The van der Waals surface area contributed by atoms with Crippen LogP contribution in [0.15, 0.2) is 41.6 Å². The van der Waals surface area contributed by atoms with Crippen molar-refractivity contribution < 1.29 is 4.74 Å². The van der Waals surface area contributed by atoms with Gasteiger partial charge in [0.1, 0.15) is 5.52 Å². The summed E-state index contributed by atoms with van der Waals surface area (Å²) >= 11 is 0. The smallest absolute Gasteiger partial charge is 0.268 e. The van der Waals surface area contributed by atoms with Crippen LogP contribution in [0.2, 0.25) is 0 Å². The molecule has 0 amide bonds. The van der Waals surface area contributed by atoms with E-state index in [1.54, 1.807) is 18.2 Å². The van der Waals surface area contributed by atoms with Gasteiger partial charge in [0.05, 0.1) is 18.1 Å². The Balaban J connectivity index is 2.05. The van der Waals surface area contributed by atoms with Gasteiger partial charge in [-0.1, -0.05) is 0 Å². The van der Waals surface area contributed by atoms with Crippen LogP contribution in [0.5, 0.6) is 11.6 Å². The molecule has 3 N–H and O–H groups in total. The molecule has 19 heavy (non-hydrogen) atoms. The first-order valence-corrected chi connectivity index (χ1v) is 5.46. The average Bonchev–Trinajstić information content (AvgIpc) is 2.41. The van der Waals surface area contributed by atoms with Crippen molar-refractivity contribution in [3.05, 3.63) is 47.1 Å². The van der Waals surface area contributed by atoms with E-state index >= 15 is 0 Å². The molecular formula is C12H9N5O2. The fourth-order valence-corrected chi connectivity index (χ4v) is 1.57. The van der Waals surface area contributed by atoms with Crippen LogP contribution in [-0.2, 0) is 0 Å². The molecule has 3 aromatic heterocycles. The van der Waals surface area contributed by atoms with Crippen LogP contribution in [0.4, 0.5) is 5.69 Å².